The number of carbonyl (C=O) groups excluding carboxylic acids is 12. The molecule has 4 aliphatic carbocycles. The van der Waals surface area contributed by atoms with Crippen molar-refractivity contribution in [2.24, 2.45) is 29.6 Å². The number of halogens is 4. The third-order valence-electron chi connectivity index (χ3n) is 22.6. The van der Waals surface area contributed by atoms with Crippen LogP contribution in [-0.2, 0) is 62.3 Å². The lowest BCUT2D eigenvalue weighted by Crippen LogP contribution is -2.65. The summed E-state index contributed by atoms with van der Waals surface area (Å²) in [6.45, 7) is 4.42. The van der Waals surface area contributed by atoms with Crippen molar-refractivity contribution in [2.75, 3.05) is 102 Å². The molecule has 1 spiro atoms. The fraction of sp³-hybridized carbons (Fsp3) is 0.826. The fourth-order valence-corrected chi connectivity index (χ4v) is 16.6. The first-order chi connectivity index (χ1) is 46.3. The molecule has 4 saturated carbocycles. The number of hydrogen-bond donors (Lipinski definition) is 3. The van der Waals surface area contributed by atoms with Crippen molar-refractivity contribution in [1.82, 2.24) is 60.0 Å². The van der Waals surface area contributed by atoms with E-state index in [1.54, 1.807) is 13.8 Å². The second-order valence-electron chi connectivity index (χ2n) is 29.2. The van der Waals surface area contributed by atoms with Gasteiger partial charge in [0.15, 0.2) is 0 Å². The molecule has 3 heterocycles. The zero-order chi connectivity index (χ0) is 72.1. The zero-order valence-corrected chi connectivity index (χ0v) is 60.2. The molecule has 7 rings (SSSR count). The molecule has 7 aliphatic rings. The number of ether oxygens (including phenoxy) is 1. The van der Waals surface area contributed by atoms with Gasteiger partial charge in [0.05, 0.1) is 45.2 Å². The highest BCUT2D eigenvalue weighted by molar-refractivity contribution is 6.21. The van der Waals surface area contributed by atoms with Crippen LogP contribution in [0.5, 0.6) is 0 Å². The summed E-state index contributed by atoms with van der Waals surface area (Å²) in [5.74, 6) is -10.6. The molecule has 0 aromatic heterocycles. The summed E-state index contributed by atoms with van der Waals surface area (Å²) < 4.78 is 47.5. The van der Waals surface area contributed by atoms with Crippen LogP contribution in [0.25, 0.3) is 0 Å². The average Bonchev–Trinajstić information content (AvgIpc) is 1.45. The van der Waals surface area contributed by atoms with Gasteiger partial charge >= 0.3 is 6.18 Å². The van der Waals surface area contributed by atoms with Gasteiger partial charge in [0.1, 0.15) is 47.8 Å². The molecule has 552 valence electrons. The molecule has 3 saturated heterocycles. The maximum absolute atomic E-state index is 15.7. The lowest BCUT2D eigenvalue weighted by Gasteiger charge is -2.43. The highest BCUT2D eigenvalue weighted by Crippen LogP contribution is 2.44. The number of morpholine rings is 1. The lowest BCUT2D eigenvalue weighted by molar-refractivity contribution is -0.182. The Labute approximate surface area is 581 Å². The minimum absolute atomic E-state index is 0.000543. The standard InChI is InChI=1S/C69H110ClF3N12O13/c1-11-43(3)58-65(95)79(6)41-56(88)77(4)42-57(89)81(8)52(38-44-21-16-17-22-44)63(93)78(5)40-54(86)74-49(29-27-45-26-28-47(48(70)37-45)69(71,72)73)62(92)85-32-20-25-51(85)61(91)76-68(30-18-19-31-68)67(97)83(10)59(46-23-14-13-15-24-46)66(96)82(9)53(64(94)84-33-35-98-36-34-84)39-55(87)80(7)50(12-2)60(90)75-58/h43-53,58-59H,11-42H2,1-10H3,(H,74,86)(H,75,90)(H,76,91)/t43-,45?,47?,48?,49-,50-,51-,52-,53-,58-,59-/m0/s1. The monoisotopic (exact) mass is 1410 g/mol. The number of carbonyl (C=O) groups is 12. The minimum atomic E-state index is -4.51. The normalized spacial score (nSPS) is 30.3. The quantitative estimate of drug-likeness (QED) is 0.258. The maximum atomic E-state index is 15.7. The topological polar surface area (TPSA) is 279 Å². The van der Waals surface area contributed by atoms with E-state index in [1.807, 2.05) is 6.92 Å². The van der Waals surface area contributed by atoms with Crippen LogP contribution in [0.4, 0.5) is 13.2 Å². The van der Waals surface area contributed by atoms with Gasteiger partial charge in [-0.1, -0.05) is 85.0 Å². The van der Waals surface area contributed by atoms with E-state index in [1.165, 1.54) is 78.7 Å². The Kier molecular flexibility index (Phi) is 28.5. The highest BCUT2D eigenvalue weighted by atomic mass is 35.5. The minimum Gasteiger partial charge on any atom is -0.378 e. The van der Waals surface area contributed by atoms with Crippen LogP contribution in [0.15, 0.2) is 0 Å². The van der Waals surface area contributed by atoms with E-state index in [-0.39, 0.29) is 109 Å². The zero-order valence-electron chi connectivity index (χ0n) is 59.5. The van der Waals surface area contributed by atoms with E-state index in [0.29, 0.717) is 38.5 Å². The largest absolute Gasteiger partial charge is 0.393 e. The number of likely N-dealkylation sites (N-methyl/N-ethyl adjacent to an activating group) is 7. The van der Waals surface area contributed by atoms with Crippen LogP contribution in [0.3, 0.4) is 0 Å². The number of nitrogens with zero attached hydrogens (tertiary/aromatic N) is 9. The fourth-order valence-electron chi connectivity index (χ4n) is 16.1. The Bertz CT molecular complexity index is 2850. The van der Waals surface area contributed by atoms with E-state index >= 15 is 19.2 Å². The van der Waals surface area contributed by atoms with Crippen molar-refractivity contribution in [2.45, 2.75) is 234 Å². The van der Waals surface area contributed by atoms with Gasteiger partial charge in [-0.05, 0) is 107 Å². The lowest BCUT2D eigenvalue weighted by atomic mass is 9.78. The Morgan fingerprint density at radius 1 is 0.612 bits per heavy atom. The van der Waals surface area contributed by atoms with Gasteiger partial charge in [0, 0.05) is 74.3 Å². The van der Waals surface area contributed by atoms with Crippen molar-refractivity contribution in [3.63, 3.8) is 0 Å². The van der Waals surface area contributed by atoms with Crippen molar-refractivity contribution in [1.29, 1.82) is 0 Å². The summed E-state index contributed by atoms with van der Waals surface area (Å²) >= 11 is 6.39. The first kappa shape index (κ1) is 79.0. The summed E-state index contributed by atoms with van der Waals surface area (Å²) in [5, 5.41) is 7.54. The summed E-state index contributed by atoms with van der Waals surface area (Å²) in [5.41, 5.74) is -1.56. The van der Waals surface area contributed by atoms with Crippen LogP contribution >= 0.6 is 11.6 Å². The molecule has 3 unspecified atom stereocenters. The van der Waals surface area contributed by atoms with Gasteiger partial charge in [-0.15, -0.1) is 11.6 Å². The van der Waals surface area contributed by atoms with Gasteiger partial charge in [-0.2, -0.15) is 13.2 Å². The number of nitrogens with one attached hydrogen (secondary N) is 3. The Balaban J connectivity index is 1.26. The van der Waals surface area contributed by atoms with Gasteiger partial charge in [-0.25, -0.2) is 0 Å². The molecule has 0 bridgehead atoms. The number of hydrogen-bond acceptors (Lipinski definition) is 13. The third kappa shape index (κ3) is 19.4. The molecular weight excluding hydrogens is 1300 g/mol. The van der Waals surface area contributed by atoms with Crippen LogP contribution in [-0.4, -0.2) is 276 Å². The van der Waals surface area contributed by atoms with E-state index in [0.717, 1.165) is 59.6 Å². The highest BCUT2D eigenvalue weighted by Gasteiger charge is 2.52. The van der Waals surface area contributed by atoms with Crippen molar-refractivity contribution >= 4 is 82.5 Å². The summed E-state index contributed by atoms with van der Waals surface area (Å²) in [7, 11) is 9.94. The maximum Gasteiger partial charge on any atom is 0.393 e. The number of rotatable bonds is 10. The molecule has 12 amide bonds. The predicted octanol–water partition coefficient (Wildman–Crippen LogP) is 4.30. The smallest absolute Gasteiger partial charge is 0.378 e. The SMILES string of the molecule is CC[C@H](C)[C@@H]1NC(=O)[C@H](CC)N(C)C(=O)C[C@@H](C(=O)N2CCOCC2)N(C)C(=O)[C@H](C2CCCCC2)N(C)C(=O)C2(CCCC2)NC(=O)[C@@H]2CCCN2C(=O)[C@H](CCC2CCC(C(F)(F)F)C(Cl)C2)NC(=O)CN(C)C(=O)[C@H](CC2CCCC2)N(C)C(=O)CN(C)C(=O)CN(C)C1=O. The first-order valence-corrected chi connectivity index (χ1v) is 36.4. The molecule has 29 heteroatoms. The molecule has 7 fully saturated rings. The Hall–Kier alpha value is -6.32. The van der Waals surface area contributed by atoms with Crippen LogP contribution < -0.4 is 16.0 Å². The molecule has 98 heavy (non-hydrogen) atoms. The second kappa shape index (κ2) is 35.3. The Morgan fingerprint density at radius 2 is 1.22 bits per heavy atom. The Morgan fingerprint density at radius 3 is 1.84 bits per heavy atom. The molecule has 0 aromatic rings. The average molecular weight is 1410 g/mol. The van der Waals surface area contributed by atoms with Crippen LogP contribution in [0, 0.1) is 29.6 Å². The van der Waals surface area contributed by atoms with E-state index in [9.17, 15) is 51.5 Å². The van der Waals surface area contributed by atoms with E-state index in [2.05, 4.69) is 16.0 Å². The number of alkyl halides is 4. The van der Waals surface area contributed by atoms with Crippen LogP contribution in [0.2, 0.25) is 0 Å². The van der Waals surface area contributed by atoms with E-state index < -0.39 is 174 Å². The predicted molar refractivity (Wildman–Crippen MR) is 358 cm³/mol. The summed E-state index contributed by atoms with van der Waals surface area (Å²) in [6, 6.07) is -8.60. The molecule has 3 N–H and O–H groups in total. The summed E-state index contributed by atoms with van der Waals surface area (Å²) in [6.07, 6.45) is 4.44. The van der Waals surface area contributed by atoms with Crippen molar-refractivity contribution in [3.8, 4) is 0 Å². The number of fused-ring (bicyclic) bond motifs is 1. The molecular formula is C69H110ClF3N12O13. The van der Waals surface area contributed by atoms with Gasteiger partial charge in [-0.3, -0.25) is 57.5 Å². The van der Waals surface area contributed by atoms with E-state index in [4.69, 9.17) is 16.3 Å². The van der Waals surface area contributed by atoms with Gasteiger partial charge in [0.2, 0.25) is 70.9 Å². The number of amides is 12. The van der Waals surface area contributed by atoms with Crippen LogP contribution in [0.1, 0.15) is 175 Å². The van der Waals surface area contributed by atoms with Crippen molar-refractivity contribution in [3.05, 3.63) is 0 Å². The summed E-state index contributed by atoms with van der Waals surface area (Å²) in [4.78, 5) is 189. The molecule has 0 radical (unpaired) electrons. The molecule has 11 atom stereocenters. The molecule has 0 aromatic carbocycles. The molecule has 25 nitrogen and oxygen atoms in total. The van der Waals surface area contributed by atoms with Gasteiger partial charge < -0.3 is 64.8 Å². The first-order valence-electron chi connectivity index (χ1n) is 35.9. The third-order valence-corrected chi connectivity index (χ3v) is 23.0. The second-order valence-corrected chi connectivity index (χ2v) is 29.8. The van der Waals surface area contributed by atoms with Gasteiger partial charge in [0.25, 0.3) is 0 Å². The molecule has 3 aliphatic heterocycles. The van der Waals surface area contributed by atoms with Crippen molar-refractivity contribution < 1.29 is 75.4 Å².